The maximum Gasteiger partial charge on any atom is 0.251 e. The Morgan fingerprint density at radius 3 is 2.25 bits per heavy atom. The van der Waals surface area contributed by atoms with Crippen LogP contribution in [0.1, 0.15) is 81.5 Å². The average Bonchev–Trinajstić information content (AvgIpc) is 3.73. The van der Waals surface area contributed by atoms with Crippen LogP contribution < -0.4 is 30.5 Å². The maximum atomic E-state index is 13.2. The van der Waals surface area contributed by atoms with Gasteiger partial charge in [-0.05, 0) is 50.3 Å². The number of carbonyl (C=O) groups excluding carboxylic acids is 3. The lowest BCUT2D eigenvalue weighted by molar-refractivity contribution is -0.122. The molecule has 3 amide bonds. The summed E-state index contributed by atoms with van der Waals surface area (Å²) in [4.78, 5) is 51.3. The van der Waals surface area contributed by atoms with E-state index >= 15 is 0 Å². The van der Waals surface area contributed by atoms with E-state index in [1.165, 1.54) is 7.11 Å². The number of anilines is 4. The molecule has 2 heterocycles. The third-order valence-corrected chi connectivity index (χ3v) is 9.88. The molecule has 2 aromatic rings. The van der Waals surface area contributed by atoms with E-state index in [0.717, 1.165) is 63.8 Å². The number of nitrogens with one attached hydrogen (secondary N) is 3. The van der Waals surface area contributed by atoms with Crippen LogP contribution in [0.15, 0.2) is 24.4 Å². The highest BCUT2D eigenvalue weighted by Crippen LogP contribution is 2.40. The molecule has 2 aliphatic rings. The summed E-state index contributed by atoms with van der Waals surface area (Å²) in [5, 5.41) is 8.91. The number of aromatic nitrogens is 2. The van der Waals surface area contributed by atoms with Gasteiger partial charge < -0.3 is 49.4 Å². The highest BCUT2D eigenvalue weighted by atomic mass is 35.5. The third-order valence-electron chi connectivity index (χ3n) is 9.61. The minimum atomic E-state index is -0.269. The molecule has 1 fully saturated rings. The van der Waals surface area contributed by atoms with Crippen molar-refractivity contribution >= 4 is 52.5 Å². The van der Waals surface area contributed by atoms with Gasteiger partial charge in [-0.15, -0.1) is 11.6 Å². The summed E-state index contributed by atoms with van der Waals surface area (Å²) in [5.74, 6) is 1.99. The van der Waals surface area contributed by atoms with E-state index in [1.54, 1.807) is 36.3 Å². The van der Waals surface area contributed by atoms with Crippen LogP contribution in [0.3, 0.4) is 0 Å². The van der Waals surface area contributed by atoms with Crippen molar-refractivity contribution < 1.29 is 38.1 Å². The van der Waals surface area contributed by atoms with Crippen LogP contribution in [-0.2, 0) is 28.5 Å². The van der Waals surface area contributed by atoms with Gasteiger partial charge in [0.2, 0.25) is 17.8 Å². The zero-order valence-corrected chi connectivity index (χ0v) is 33.5. The van der Waals surface area contributed by atoms with Gasteiger partial charge in [0.25, 0.3) is 5.91 Å². The van der Waals surface area contributed by atoms with Crippen molar-refractivity contribution in [3.63, 3.8) is 0 Å². The molecule has 1 aromatic carbocycles. The predicted molar refractivity (Wildman–Crippen MR) is 213 cm³/mol. The first-order chi connectivity index (χ1) is 26.9. The molecule has 1 atom stereocenters. The van der Waals surface area contributed by atoms with E-state index in [-0.39, 0.29) is 42.8 Å². The van der Waals surface area contributed by atoms with Crippen molar-refractivity contribution in [2.45, 2.75) is 83.2 Å². The number of amides is 3. The summed E-state index contributed by atoms with van der Waals surface area (Å²) in [6, 6.07) is 5.11. The second kappa shape index (κ2) is 24.7. The highest BCUT2D eigenvalue weighted by Gasteiger charge is 2.41. The molecule has 55 heavy (non-hydrogen) atoms. The first-order valence-corrected chi connectivity index (χ1v) is 20.2. The average molecular weight is 790 g/mol. The maximum absolute atomic E-state index is 13.2. The van der Waals surface area contributed by atoms with Crippen molar-refractivity contribution in [3.05, 3.63) is 30.0 Å². The van der Waals surface area contributed by atoms with Crippen molar-refractivity contribution in [2.24, 2.45) is 0 Å². The monoisotopic (exact) mass is 789 g/mol. The molecule has 0 spiro atoms. The van der Waals surface area contributed by atoms with Gasteiger partial charge in [-0.1, -0.05) is 32.6 Å². The van der Waals surface area contributed by atoms with Gasteiger partial charge in [0.1, 0.15) is 17.5 Å². The summed E-state index contributed by atoms with van der Waals surface area (Å²) >= 11 is 5.67. The van der Waals surface area contributed by atoms with Gasteiger partial charge in [0.15, 0.2) is 5.82 Å². The third kappa shape index (κ3) is 14.0. The number of hydrogen-bond donors (Lipinski definition) is 3. The molecule has 15 nitrogen and oxygen atoms in total. The van der Waals surface area contributed by atoms with Crippen molar-refractivity contribution in [3.8, 4) is 5.75 Å². The Labute approximate surface area is 330 Å². The number of hydrogen-bond acceptors (Lipinski definition) is 12. The summed E-state index contributed by atoms with van der Waals surface area (Å²) in [5.41, 5.74) is 1.72. The lowest BCUT2D eigenvalue weighted by Crippen LogP contribution is -2.55. The Bertz CT molecular complexity index is 1480. The molecule has 16 heteroatoms. The zero-order chi connectivity index (χ0) is 39.3. The lowest BCUT2D eigenvalue weighted by Gasteiger charge is -2.43. The Morgan fingerprint density at radius 2 is 1.56 bits per heavy atom. The van der Waals surface area contributed by atoms with Crippen LogP contribution in [0.5, 0.6) is 5.75 Å². The van der Waals surface area contributed by atoms with Crippen molar-refractivity contribution in [1.29, 1.82) is 0 Å². The number of rotatable bonds is 27. The minimum absolute atomic E-state index is 0.0623. The molecule has 306 valence electrons. The lowest BCUT2D eigenvalue weighted by atomic mass is 10.0. The van der Waals surface area contributed by atoms with E-state index in [2.05, 4.69) is 25.8 Å². The van der Waals surface area contributed by atoms with Gasteiger partial charge >= 0.3 is 0 Å². The summed E-state index contributed by atoms with van der Waals surface area (Å²) in [6.07, 6.45) is 11.3. The van der Waals surface area contributed by atoms with Crippen LogP contribution in [0, 0.1) is 0 Å². The van der Waals surface area contributed by atoms with Gasteiger partial charge in [-0.3, -0.25) is 14.4 Å². The number of fused-ring (bicyclic) bond motifs is 1. The zero-order valence-electron chi connectivity index (χ0n) is 32.7. The topological polar surface area (TPSA) is 166 Å². The quantitative estimate of drug-likeness (QED) is 0.0835. The number of halogens is 1. The SMILES string of the molecule is CC[C@@H]1C(=O)N(C)c2cnc(Nc3ccc(C(=O)NCCOCCOCCC(=O)NCCOCCOCCCCCCCl)cc3OC)nc2N1C1CCCC1. The highest BCUT2D eigenvalue weighted by molar-refractivity contribution is 6.17. The number of alkyl halides is 1. The Kier molecular flexibility index (Phi) is 19.7. The van der Waals surface area contributed by atoms with Gasteiger partial charge in [-0.2, -0.15) is 4.98 Å². The second-order valence-corrected chi connectivity index (χ2v) is 13.9. The summed E-state index contributed by atoms with van der Waals surface area (Å²) in [6.45, 7) is 6.25. The molecule has 3 N–H and O–H groups in total. The molecule has 0 radical (unpaired) electrons. The first kappa shape index (κ1) is 44.0. The molecule has 1 aliphatic carbocycles. The minimum Gasteiger partial charge on any atom is -0.495 e. The molecule has 0 bridgehead atoms. The Balaban J connectivity index is 1.09. The molecule has 0 unspecified atom stereocenters. The van der Waals surface area contributed by atoms with Crippen LogP contribution in [0.2, 0.25) is 0 Å². The summed E-state index contributed by atoms with van der Waals surface area (Å²) < 4.78 is 27.7. The van der Waals surface area contributed by atoms with Crippen molar-refractivity contribution in [2.75, 3.05) is 101 Å². The number of carbonyl (C=O) groups is 3. The first-order valence-electron chi connectivity index (χ1n) is 19.7. The fourth-order valence-corrected chi connectivity index (χ4v) is 6.84. The van der Waals surface area contributed by atoms with Crippen LogP contribution in [0.25, 0.3) is 0 Å². The van der Waals surface area contributed by atoms with E-state index in [9.17, 15) is 14.4 Å². The van der Waals surface area contributed by atoms with E-state index in [1.807, 2.05) is 6.92 Å². The second-order valence-electron chi connectivity index (χ2n) is 13.5. The smallest absolute Gasteiger partial charge is 0.251 e. The van der Waals surface area contributed by atoms with Crippen molar-refractivity contribution in [1.82, 2.24) is 20.6 Å². The molecule has 1 aliphatic heterocycles. The normalized spacial score (nSPS) is 15.6. The molecular formula is C39H60ClN7O8. The van der Waals surface area contributed by atoms with Crippen LogP contribution in [0.4, 0.5) is 23.1 Å². The molecule has 0 saturated heterocycles. The van der Waals surface area contributed by atoms with Gasteiger partial charge in [0, 0.05) is 50.7 Å². The number of benzene rings is 1. The number of ether oxygens (including phenoxy) is 5. The Hall–Kier alpha value is -3.76. The van der Waals surface area contributed by atoms with Gasteiger partial charge in [0.05, 0.1) is 65.2 Å². The number of likely N-dealkylation sites (N-methyl/N-ethyl adjacent to an activating group) is 1. The Morgan fingerprint density at radius 1 is 0.891 bits per heavy atom. The number of nitrogens with zero attached hydrogens (tertiary/aromatic N) is 4. The fraction of sp³-hybridized carbons (Fsp3) is 0.667. The largest absolute Gasteiger partial charge is 0.495 e. The molecular weight excluding hydrogens is 730 g/mol. The number of unbranched alkanes of at least 4 members (excludes halogenated alkanes) is 3. The molecule has 4 rings (SSSR count). The summed E-state index contributed by atoms with van der Waals surface area (Å²) in [7, 11) is 3.31. The van der Waals surface area contributed by atoms with Crippen LogP contribution in [-0.4, -0.2) is 126 Å². The number of methoxy groups -OCH3 is 1. The molecule has 1 saturated carbocycles. The fourth-order valence-electron chi connectivity index (χ4n) is 6.65. The molecule has 1 aromatic heterocycles. The van der Waals surface area contributed by atoms with Crippen LogP contribution >= 0.6 is 11.6 Å². The van der Waals surface area contributed by atoms with E-state index < -0.39 is 0 Å². The van der Waals surface area contributed by atoms with Gasteiger partial charge in [-0.25, -0.2) is 4.98 Å². The van der Waals surface area contributed by atoms with E-state index in [0.29, 0.717) is 93.7 Å². The standard InChI is InChI=1S/C39H60ClN7O8/c1-4-32-38(50)46(2)33-28-43-39(45-36(33)47(32)30-11-7-8-12-30)44-31-14-13-29(27-34(31)51-3)37(49)42-18-22-55-26-24-53-20-15-35(48)41-17-21-54-25-23-52-19-10-6-5-9-16-40/h13-14,27-28,30,32H,4-12,15-26H2,1-3H3,(H,41,48)(H,42,49)(H,43,44,45)/t32-/m1/s1. The van der Waals surface area contributed by atoms with E-state index in [4.69, 9.17) is 40.3 Å². The predicted octanol–water partition coefficient (Wildman–Crippen LogP) is 4.83.